The van der Waals surface area contributed by atoms with Crippen molar-refractivity contribution < 1.29 is 14.7 Å². The number of rotatable bonds is 6. The van der Waals surface area contributed by atoms with Crippen LogP contribution in [0.3, 0.4) is 0 Å². The molecular formula is C27H23N5O3S. The number of carboxylic acids is 1. The van der Waals surface area contributed by atoms with Gasteiger partial charge in [0.25, 0.3) is 0 Å². The van der Waals surface area contributed by atoms with Crippen molar-refractivity contribution in [1.82, 2.24) is 14.9 Å². The number of carbonyl (C=O) groups excluding carboxylic acids is 1. The first-order chi connectivity index (χ1) is 17.4. The van der Waals surface area contributed by atoms with Crippen LogP contribution in [0.5, 0.6) is 0 Å². The zero-order chi connectivity index (χ0) is 25.2. The molecule has 0 aliphatic carbocycles. The van der Waals surface area contributed by atoms with Crippen LogP contribution < -0.4 is 15.5 Å². The Hall–Kier alpha value is -4.50. The molecule has 4 aromatic rings. The Morgan fingerprint density at radius 1 is 1.00 bits per heavy atom. The second-order valence-electron chi connectivity index (χ2n) is 8.38. The van der Waals surface area contributed by atoms with Crippen molar-refractivity contribution in [3.05, 3.63) is 108 Å². The van der Waals surface area contributed by atoms with Gasteiger partial charge in [-0.05, 0) is 78.9 Å². The highest BCUT2D eigenvalue weighted by Crippen LogP contribution is 2.42. The van der Waals surface area contributed by atoms with E-state index >= 15 is 0 Å². The van der Waals surface area contributed by atoms with Gasteiger partial charge in [-0.1, -0.05) is 12.1 Å². The van der Waals surface area contributed by atoms with Crippen LogP contribution in [0.25, 0.3) is 5.69 Å². The Kier molecular flexibility index (Phi) is 6.22. The number of aromatic carboxylic acids is 1. The summed E-state index contributed by atoms with van der Waals surface area (Å²) < 4.78 is 1.97. The molecule has 1 aliphatic heterocycles. The van der Waals surface area contributed by atoms with Crippen LogP contribution in [0, 0.1) is 0 Å². The van der Waals surface area contributed by atoms with Crippen LogP contribution in [0.1, 0.15) is 40.8 Å². The number of aromatic nitrogens is 2. The number of anilines is 2. The second-order valence-corrected chi connectivity index (χ2v) is 8.77. The second kappa shape index (κ2) is 9.63. The van der Waals surface area contributed by atoms with Crippen molar-refractivity contribution in [3.8, 4) is 5.69 Å². The molecule has 3 heterocycles. The third-order valence-corrected chi connectivity index (χ3v) is 6.33. The van der Waals surface area contributed by atoms with Gasteiger partial charge in [0, 0.05) is 42.1 Å². The van der Waals surface area contributed by atoms with E-state index < -0.39 is 5.97 Å². The Labute approximate surface area is 213 Å². The molecule has 1 aliphatic rings. The van der Waals surface area contributed by atoms with E-state index in [1.807, 2.05) is 76.3 Å². The zero-order valence-corrected chi connectivity index (χ0v) is 20.1. The Morgan fingerprint density at radius 3 is 2.50 bits per heavy atom. The van der Waals surface area contributed by atoms with Gasteiger partial charge in [-0.2, -0.15) is 0 Å². The quantitative estimate of drug-likeness (QED) is 0.332. The van der Waals surface area contributed by atoms with Gasteiger partial charge in [0.1, 0.15) is 6.04 Å². The summed E-state index contributed by atoms with van der Waals surface area (Å²) >= 11 is 5.80. The van der Waals surface area contributed by atoms with Crippen LogP contribution in [0.2, 0.25) is 0 Å². The molecule has 2 aromatic heterocycles. The Morgan fingerprint density at radius 2 is 1.81 bits per heavy atom. The van der Waals surface area contributed by atoms with Gasteiger partial charge in [0.2, 0.25) is 5.91 Å². The topological polar surface area (TPSA) is 99.5 Å². The summed E-state index contributed by atoms with van der Waals surface area (Å²) in [5, 5.41) is 16.3. The molecule has 0 bridgehead atoms. The molecule has 180 valence electrons. The van der Waals surface area contributed by atoms with Crippen molar-refractivity contribution in [2.24, 2.45) is 0 Å². The number of hydrogen-bond donors (Lipinski definition) is 3. The molecule has 9 heteroatoms. The summed E-state index contributed by atoms with van der Waals surface area (Å²) in [7, 11) is 0. The fourth-order valence-corrected chi connectivity index (χ4v) is 4.85. The van der Waals surface area contributed by atoms with E-state index in [1.165, 1.54) is 6.92 Å². The summed E-state index contributed by atoms with van der Waals surface area (Å²) in [4.78, 5) is 29.7. The average Bonchev–Trinajstić information content (AvgIpc) is 3.49. The molecule has 1 fully saturated rings. The minimum atomic E-state index is -0.985. The van der Waals surface area contributed by atoms with E-state index in [0.29, 0.717) is 10.8 Å². The van der Waals surface area contributed by atoms with Gasteiger partial charge in [-0.15, -0.1) is 0 Å². The number of thiocarbonyl (C=S) groups is 1. The molecule has 0 radical (unpaired) electrons. The first-order valence-corrected chi connectivity index (χ1v) is 11.7. The van der Waals surface area contributed by atoms with Gasteiger partial charge >= 0.3 is 5.97 Å². The first kappa shape index (κ1) is 23.3. The summed E-state index contributed by atoms with van der Waals surface area (Å²) in [6, 6.07) is 23.4. The van der Waals surface area contributed by atoms with Crippen LogP contribution in [-0.2, 0) is 4.79 Å². The molecule has 2 atom stereocenters. The molecule has 2 aromatic carbocycles. The molecular weight excluding hydrogens is 474 g/mol. The third kappa shape index (κ3) is 4.44. The molecule has 3 N–H and O–H groups in total. The van der Waals surface area contributed by atoms with Crippen LogP contribution in [-0.4, -0.2) is 31.6 Å². The van der Waals surface area contributed by atoms with Gasteiger partial charge in [-0.3, -0.25) is 9.78 Å². The lowest BCUT2D eigenvalue weighted by atomic mass is 10.0. The predicted molar refractivity (Wildman–Crippen MR) is 141 cm³/mol. The number of amides is 1. The van der Waals surface area contributed by atoms with Gasteiger partial charge < -0.3 is 25.2 Å². The van der Waals surface area contributed by atoms with E-state index in [-0.39, 0.29) is 23.6 Å². The van der Waals surface area contributed by atoms with Crippen LogP contribution in [0.4, 0.5) is 11.4 Å². The Bertz CT molecular complexity index is 1440. The number of nitrogens with zero attached hydrogens (tertiary/aromatic N) is 3. The van der Waals surface area contributed by atoms with Gasteiger partial charge in [0.15, 0.2) is 5.11 Å². The molecule has 2 unspecified atom stereocenters. The lowest BCUT2D eigenvalue weighted by molar-refractivity contribution is -0.114. The largest absolute Gasteiger partial charge is 0.478 e. The normalized spacial score (nSPS) is 17.0. The number of pyridine rings is 1. The van der Waals surface area contributed by atoms with E-state index in [1.54, 1.807) is 24.4 Å². The number of hydrogen-bond acceptors (Lipinski definition) is 4. The fourth-order valence-electron chi connectivity index (χ4n) is 4.50. The number of carbonyl (C=O) groups is 2. The van der Waals surface area contributed by atoms with Crippen molar-refractivity contribution in [2.75, 3.05) is 10.2 Å². The zero-order valence-electron chi connectivity index (χ0n) is 19.3. The van der Waals surface area contributed by atoms with E-state index in [4.69, 9.17) is 12.2 Å². The minimum absolute atomic E-state index is 0.143. The SMILES string of the molecule is CC(=O)Nc1ccc(N2C(=S)NC(c3ccccn3)C2c2cccn2-c2cccc(C(=O)O)c2)cc1. The Balaban J connectivity index is 1.62. The summed E-state index contributed by atoms with van der Waals surface area (Å²) in [6.07, 6.45) is 3.66. The number of benzene rings is 2. The predicted octanol–water partition coefficient (Wildman–Crippen LogP) is 4.71. The van der Waals surface area contributed by atoms with E-state index in [9.17, 15) is 14.7 Å². The molecule has 8 nitrogen and oxygen atoms in total. The van der Waals surface area contributed by atoms with Crippen LogP contribution in [0.15, 0.2) is 91.3 Å². The summed E-state index contributed by atoms with van der Waals surface area (Å²) in [6.45, 7) is 1.47. The molecule has 1 saturated heterocycles. The molecule has 5 rings (SSSR count). The molecule has 0 spiro atoms. The minimum Gasteiger partial charge on any atom is -0.478 e. The lowest BCUT2D eigenvalue weighted by Crippen LogP contribution is -2.30. The van der Waals surface area contributed by atoms with Crippen LogP contribution >= 0.6 is 12.2 Å². The monoisotopic (exact) mass is 497 g/mol. The standard InChI is InChI=1S/C27H23N5O3S/c1-17(33)29-19-10-12-20(13-11-19)32-25(24(30-27(32)36)22-8-2-3-14-28-22)23-9-5-15-31(23)21-7-4-6-18(16-21)26(34)35/h2-16,24-25H,1H3,(H,29,33)(H,30,36)(H,34,35). The van der Waals surface area contributed by atoms with Gasteiger partial charge in [0.05, 0.1) is 17.3 Å². The maximum atomic E-state index is 11.6. The fraction of sp³-hybridized carbons (Fsp3) is 0.111. The van der Waals surface area contributed by atoms with Crippen molar-refractivity contribution in [2.45, 2.75) is 19.0 Å². The molecule has 1 amide bonds. The highest BCUT2D eigenvalue weighted by atomic mass is 32.1. The summed E-state index contributed by atoms with van der Waals surface area (Å²) in [5.74, 6) is -1.13. The highest BCUT2D eigenvalue weighted by molar-refractivity contribution is 7.80. The maximum Gasteiger partial charge on any atom is 0.335 e. The first-order valence-electron chi connectivity index (χ1n) is 11.3. The molecule has 36 heavy (non-hydrogen) atoms. The van der Waals surface area contributed by atoms with E-state index in [2.05, 4.69) is 15.6 Å². The summed E-state index contributed by atoms with van der Waals surface area (Å²) in [5.41, 5.74) is 4.21. The van der Waals surface area contributed by atoms with Crippen molar-refractivity contribution in [1.29, 1.82) is 0 Å². The number of carboxylic acid groups (broad SMARTS) is 1. The van der Waals surface area contributed by atoms with E-state index in [0.717, 1.165) is 22.8 Å². The maximum absolute atomic E-state index is 11.6. The highest BCUT2D eigenvalue weighted by Gasteiger charge is 2.42. The lowest BCUT2D eigenvalue weighted by Gasteiger charge is -2.29. The van der Waals surface area contributed by atoms with Crippen molar-refractivity contribution >= 4 is 40.6 Å². The average molecular weight is 498 g/mol. The number of nitrogens with one attached hydrogen (secondary N) is 2. The third-order valence-electron chi connectivity index (χ3n) is 6.02. The van der Waals surface area contributed by atoms with Crippen molar-refractivity contribution in [3.63, 3.8) is 0 Å². The van der Waals surface area contributed by atoms with Gasteiger partial charge in [-0.25, -0.2) is 4.79 Å². The molecule has 0 saturated carbocycles. The smallest absolute Gasteiger partial charge is 0.335 e.